The molecule has 0 bridgehead atoms. The summed E-state index contributed by atoms with van der Waals surface area (Å²) < 4.78 is 6.91. The lowest BCUT2D eigenvalue weighted by atomic mass is 10.1. The molecule has 4 nitrogen and oxygen atoms in total. The Labute approximate surface area is 115 Å². The molecule has 2 rings (SSSR count). The van der Waals surface area contributed by atoms with Crippen LogP contribution in [-0.4, -0.2) is 18.2 Å². The van der Waals surface area contributed by atoms with Crippen molar-refractivity contribution in [1.82, 2.24) is 4.57 Å². The lowest BCUT2D eigenvalue weighted by molar-refractivity contribution is 0.413. The van der Waals surface area contributed by atoms with Gasteiger partial charge in [-0.1, -0.05) is 29.2 Å². The smallest absolute Gasteiger partial charge is 0.307 e. The Morgan fingerprint density at radius 2 is 2.32 bits per heavy atom. The van der Waals surface area contributed by atoms with Crippen molar-refractivity contribution >= 4 is 11.3 Å². The van der Waals surface area contributed by atoms with Crippen molar-refractivity contribution in [3.63, 3.8) is 0 Å². The third-order valence-corrected chi connectivity index (χ3v) is 3.28. The topological polar surface area (TPSA) is 57.2 Å². The lowest BCUT2D eigenvalue weighted by Crippen LogP contribution is -2.12. The normalized spacial score (nSPS) is 9.79. The zero-order valence-corrected chi connectivity index (χ0v) is 11.4. The highest BCUT2D eigenvalue weighted by atomic mass is 32.1. The number of hydrogen-bond acceptors (Lipinski definition) is 4. The minimum Gasteiger partial charge on any atom is -0.495 e. The van der Waals surface area contributed by atoms with E-state index in [4.69, 9.17) is 10.5 Å². The van der Waals surface area contributed by atoms with Crippen molar-refractivity contribution in [2.75, 3.05) is 13.7 Å². The molecule has 0 aliphatic rings. The summed E-state index contributed by atoms with van der Waals surface area (Å²) in [5.74, 6) is 6.49. The van der Waals surface area contributed by atoms with Crippen LogP contribution in [0.2, 0.25) is 0 Å². The highest BCUT2D eigenvalue weighted by Gasteiger charge is 2.04. The largest absolute Gasteiger partial charge is 0.495 e. The van der Waals surface area contributed by atoms with E-state index in [1.807, 2.05) is 18.2 Å². The third-order valence-electron chi connectivity index (χ3n) is 2.59. The Morgan fingerprint density at radius 1 is 1.47 bits per heavy atom. The number of methoxy groups -OCH3 is 1. The number of hydrogen-bond donors (Lipinski definition) is 1. The molecule has 2 aromatic rings. The molecule has 19 heavy (non-hydrogen) atoms. The van der Waals surface area contributed by atoms with Crippen molar-refractivity contribution in [2.45, 2.75) is 6.54 Å². The summed E-state index contributed by atoms with van der Waals surface area (Å²) in [4.78, 5) is 11.5. The average Bonchev–Trinajstić information content (AvgIpc) is 2.82. The summed E-state index contributed by atoms with van der Waals surface area (Å²) >= 11 is 1.19. The highest BCUT2D eigenvalue weighted by molar-refractivity contribution is 7.07. The van der Waals surface area contributed by atoms with E-state index < -0.39 is 0 Å². The maximum Gasteiger partial charge on any atom is 0.307 e. The Morgan fingerprint density at radius 3 is 2.95 bits per heavy atom. The SMILES string of the molecule is COc1ccc(Cn2ccsc2=O)cc1C#CCN. The fourth-order valence-corrected chi connectivity index (χ4v) is 2.29. The Balaban J connectivity index is 2.32. The lowest BCUT2D eigenvalue weighted by Gasteiger charge is -2.07. The molecule has 0 fully saturated rings. The molecule has 0 saturated heterocycles. The Hall–Kier alpha value is -2.03. The van der Waals surface area contributed by atoms with Crippen LogP contribution in [0, 0.1) is 11.8 Å². The van der Waals surface area contributed by atoms with Crippen molar-refractivity contribution in [3.8, 4) is 17.6 Å². The van der Waals surface area contributed by atoms with Crippen LogP contribution in [-0.2, 0) is 6.54 Å². The van der Waals surface area contributed by atoms with Crippen LogP contribution in [0.15, 0.2) is 34.6 Å². The van der Waals surface area contributed by atoms with Gasteiger partial charge in [0, 0.05) is 11.6 Å². The molecule has 1 heterocycles. The molecule has 0 amide bonds. The van der Waals surface area contributed by atoms with E-state index in [1.165, 1.54) is 11.3 Å². The van der Waals surface area contributed by atoms with Crippen molar-refractivity contribution in [2.24, 2.45) is 5.73 Å². The molecule has 5 heteroatoms. The van der Waals surface area contributed by atoms with E-state index >= 15 is 0 Å². The number of thiazole rings is 1. The molecule has 0 spiro atoms. The van der Waals surface area contributed by atoms with E-state index in [9.17, 15) is 4.79 Å². The molecular formula is C14H14N2O2S. The van der Waals surface area contributed by atoms with Crippen molar-refractivity contribution in [1.29, 1.82) is 0 Å². The van der Waals surface area contributed by atoms with E-state index in [1.54, 1.807) is 23.3 Å². The van der Waals surface area contributed by atoms with Crippen LogP contribution >= 0.6 is 11.3 Å². The Kier molecular flexibility index (Phi) is 4.39. The first-order valence-electron chi connectivity index (χ1n) is 5.74. The predicted molar refractivity (Wildman–Crippen MR) is 76.6 cm³/mol. The van der Waals surface area contributed by atoms with Gasteiger partial charge in [-0.15, -0.1) is 0 Å². The van der Waals surface area contributed by atoms with Gasteiger partial charge in [-0.05, 0) is 17.7 Å². The fourth-order valence-electron chi connectivity index (χ4n) is 1.70. The quantitative estimate of drug-likeness (QED) is 0.858. The molecule has 1 aromatic heterocycles. The van der Waals surface area contributed by atoms with Gasteiger partial charge in [0.05, 0.1) is 25.8 Å². The summed E-state index contributed by atoms with van der Waals surface area (Å²) in [6.45, 7) is 0.834. The molecule has 2 N–H and O–H groups in total. The number of nitrogens with two attached hydrogens (primary N) is 1. The number of benzene rings is 1. The molecule has 98 valence electrons. The summed E-state index contributed by atoms with van der Waals surface area (Å²) in [5, 5.41) is 1.78. The Bertz CT molecular complexity index is 676. The first-order valence-corrected chi connectivity index (χ1v) is 6.62. The molecule has 0 aliphatic carbocycles. The molecule has 0 saturated carbocycles. The molecule has 0 atom stereocenters. The molecule has 0 radical (unpaired) electrons. The summed E-state index contributed by atoms with van der Waals surface area (Å²) in [6, 6.07) is 5.70. The van der Waals surface area contributed by atoms with Crippen molar-refractivity contribution < 1.29 is 4.74 Å². The van der Waals surface area contributed by atoms with Crippen LogP contribution in [0.3, 0.4) is 0 Å². The zero-order chi connectivity index (χ0) is 13.7. The van der Waals surface area contributed by atoms with E-state index in [0.29, 0.717) is 18.8 Å². The molecule has 1 aromatic carbocycles. The van der Waals surface area contributed by atoms with Crippen LogP contribution in [0.1, 0.15) is 11.1 Å². The van der Waals surface area contributed by atoms with Crippen molar-refractivity contribution in [3.05, 3.63) is 50.6 Å². The third kappa shape index (κ3) is 3.25. The van der Waals surface area contributed by atoms with Gasteiger partial charge in [0.1, 0.15) is 5.75 Å². The molecular weight excluding hydrogens is 260 g/mol. The summed E-state index contributed by atoms with van der Waals surface area (Å²) in [7, 11) is 1.60. The maximum absolute atomic E-state index is 11.5. The second-order valence-electron chi connectivity index (χ2n) is 3.84. The fraction of sp³-hybridized carbons (Fsp3) is 0.214. The van der Waals surface area contributed by atoms with Crippen LogP contribution in [0.25, 0.3) is 0 Å². The van der Waals surface area contributed by atoms with Crippen LogP contribution in [0.5, 0.6) is 5.75 Å². The van der Waals surface area contributed by atoms with Crippen LogP contribution < -0.4 is 15.3 Å². The summed E-state index contributed by atoms with van der Waals surface area (Å²) in [6.07, 6.45) is 1.78. The van der Waals surface area contributed by atoms with Gasteiger partial charge < -0.3 is 15.0 Å². The van der Waals surface area contributed by atoms with E-state index in [-0.39, 0.29) is 4.87 Å². The standard InChI is InChI=1S/C14H14N2O2S/c1-18-13-5-4-11(9-12(13)3-2-6-15)10-16-7-8-19-14(16)17/h4-5,7-9H,6,10,15H2,1H3. The van der Waals surface area contributed by atoms with E-state index in [2.05, 4.69) is 11.8 Å². The minimum absolute atomic E-state index is 0.0328. The molecule has 0 unspecified atom stereocenters. The van der Waals surface area contributed by atoms with Gasteiger partial charge in [0.25, 0.3) is 0 Å². The second-order valence-corrected chi connectivity index (χ2v) is 4.69. The van der Waals surface area contributed by atoms with Gasteiger partial charge >= 0.3 is 4.87 Å². The second kappa shape index (κ2) is 6.23. The number of rotatable bonds is 3. The zero-order valence-electron chi connectivity index (χ0n) is 10.6. The first-order chi connectivity index (χ1) is 9.24. The maximum atomic E-state index is 11.5. The van der Waals surface area contributed by atoms with Gasteiger partial charge in [-0.2, -0.15) is 0 Å². The van der Waals surface area contributed by atoms with Crippen LogP contribution in [0.4, 0.5) is 0 Å². The van der Waals surface area contributed by atoms with Gasteiger partial charge in [-0.25, -0.2) is 0 Å². The monoisotopic (exact) mass is 274 g/mol. The number of ether oxygens (including phenoxy) is 1. The van der Waals surface area contributed by atoms with Gasteiger partial charge in [0.2, 0.25) is 0 Å². The highest BCUT2D eigenvalue weighted by Crippen LogP contribution is 2.19. The predicted octanol–water partition coefficient (Wildman–Crippen LogP) is 1.28. The number of aromatic nitrogens is 1. The first kappa shape index (κ1) is 13.4. The van der Waals surface area contributed by atoms with Gasteiger partial charge in [0.15, 0.2) is 0 Å². The van der Waals surface area contributed by atoms with E-state index in [0.717, 1.165) is 11.1 Å². The average molecular weight is 274 g/mol. The minimum atomic E-state index is 0.0328. The summed E-state index contributed by atoms with van der Waals surface area (Å²) in [5.41, 5.74) is 7.17. The molecule has 0 aliphatic heterocycles. The van der Waals surface area contributed by atoms with Gasteiger partial charge in [-0.3, -0.25) is 4.79 Å². The number of nitrogens with zero attached hydrogens (tertiary/aromatic N) is 1.